The molecule has 0 fully saturated rings. The van der Waals surface area contributed by atoms with Crippen molar-refractivity contribution in [3.63, 3.8) is 0 Å². The molecular formula is C17H19Cl2NO. The van der Waals surface area contributed by atoms with Gasteiger partial charge in [0.1, 0.15) is 12.4 Å². The molecule has 2 rings (SSSR count). The van der Waals surface area contributed by atoms with Gasteiger partial charge in [-0.05, 0) is 43.5 Å². The van der Waals surface area contributed by atoms with E-state index in [2.05, 4.69) is 6.07 Å². The first-order valence-electron chi connectivity index (χ1n) is 6.88. The van der Waals surface area contributed by atoms with Crippen LogP contribution in [0.3, 0.4) is 0 Å². The van der Waals surface area contributed by atoms with Crippen molar-refractivity contribution in [2.75, 3.05) is 0 Å². The van der Waals surface area contributed by atoms with Crippen LogP contribution in [-0.4, -0.2) is 6.04 Å². The van der Waals surface area contributed by atoms with Gasteiger partial charge in [0.15, 0.2) is 0 Å². The molecule has 112 valence electrons. The minimum atomic E-state index is 0.0910. The third kappa shape index (κ3) is 4.37. The van der Waals surface area contributed by atoms with Gasteiger partial charge in [0, 0.05) is 21.7 Å². The van der Waals surface area contributed by atoms with E-state index >= 15 is 0 Å². The van der Waals surface area contributed by atoms with E-state index in [0.29, 0.717) is 16.7 Å². The Morgan fingerprint density at radius 2 is 1.90 bits per heavy atom. The molecule has 0 radical (unpaired) electrons. The van der Waals surface area contributed by atoms with Crippen LogP contribution < -0.4 is 10.5 Å². The molecule has 2 aromatic rings. The van der Waals surface area contributed by atoms with Gasteiger partial charge in [0.05, 0.1) is 0 Å². The lowest BCUT2D eigenvalue weighted by atomic mass is 10.0. The number of ether oxygens (including phenoxy) is 1. The van der Waals surface area contributed by atoms with Crippen LogP contribution in [0, 0.1) is 6.92 Å². The number of halogens is 2. The van der Waals surface area contributed by atoms with Gasteiger partial charge in [0.25, 0.3) is 0 Å². The molecule has 4 heteroatoms. The summed E-state index contributed by atoms with van der Waals surface area (Å²) in [6.45, 7) is 4.43. The molecule has 0 saturated heterocycles. The lowest BCUT2D eigenvalue weighted by Gasteiger charge is -2.16. The Balaban J connectivity index is 2.19. The van der Waals surface area contributed by atoms with Crippen molar-refractivity contribution >= 4 is 23.2 Å². The topological polar surface area (TPSA) is 35.2 Å². The van der Waals surface area contributed by atoms with Crippen molar-refractivity contribution < 1.29 is 4.74 Å². The molecule has 21 heavy (non-hydrogen) atoms. The Bertz CT molecular complexity index is 626. The summed E-state index contributed by atoms with van der Waals surface area (Å²) in [5, 5.41) is 1.24. The van der Waals surface area contributed by atoms with E-state index in [4.69, 9.17) is 33.7 Å². The molecule has 0 aliphatic heterocycles. The fraction of sp³-hybridized carbons (Fsp3) is 0.294. The summed E-state index contributed by atoms with van der Waals surface area (Å²) in [5.74, 6) is 0.890. The van der Waals surface area contributed by atoms with Crippen LogP contribution in [0.5, 0.6) is 5.75 Å². The maximum Gasteiger partial charge on any atom is 0.125 e. The normalized spacial score (nSPS) is 12.2. The number of nitrogens with two attached hydrogens (primary N) is 1. The van der Waals surface area contributed by atoms with Crippen LogP contribution in [0.2, 0.25) is 10.0 Å². The predicted octanol–water partition coefficient (Wildman–Crippen LogP) is 4.77. The largest absolute Gasteiger partial charge is 0.488 e. The highest BCUT2D eigenvalue weighted by atomic mass is 35.5. The maximum absolute atomic E-state index is 6.18. The number of para-hydroxylation sites is 1. The second-order valence-corrected chi connectivity index (χ2v) is 6.11. The highest BCUT2D eigenvalue weighted by molar-refractivity contribution is 6.35. The smallest absolute Gasteiger partial charge is 0.125 e. The van der Waals surface area contributed by atoms with Crippen molar-refractivity contribution in [2.45, 2.75) is 32.9 Å². The molecule has 2 nitrogen and oxygen atoms in total. The van der Waals surface area contributed by atoms with Gasteiger partial charge in [-0.1, -0.05) is 47.5 Å². The summed E-state index contributed by atoms with van der Waals surface area (Å²) in [5.41, 5.74) is 9.03. The zero-order chi connectivity index (χ0) is 15.4. The summed E-state index contributed by atoms with van der Waals surface area (Å²) in [6.07, 6.45) is 0.783. The third-order valence-electron chi connectivity index (χ3n) is 3.22. The van der Waals surface area contributed by atoms with Gasteiger partial charge in [0.2, 0.25) is 0 Å². The summed E-state index contributed by atoms with van der Waals surface area (Å²) >= 11 is 12.1. The molecule has 0 amide bonds. The van der Waals surface area contributed by atoms with Gasteiger partial charge in [-0.3, -0.25) is 0 Å². The Kier molecular flexibility index (Phi) is 5.51. The number of hydrogen-bond acceptors (Lipinski definition) is 2. The minimum Gasteiger partial charge on any atom is -0.488 e. The minimum absolute atomic E-state index is 0.0910. The number of hydrogen-bond donors (Lipinski definition) is 1. The number of benzene rings is 2. The van der Waals surface area contributed by atoms with E-state index in [1.807, 2.05) is 38.1 Å². The van der Waals surface area contributed by atoms with E-state index in [-0.39, 0.29) is 6.04 Å². The van der Waals surface area contributed by atoms with E-state index in [1.165, 1.54) is 0 Å². The first-order chi connectivity index (χ1) is 9.97. The molecule has 0 aromatic heterocycles. The lowest BCUT2D eigenvalue weighted by Crippen LogP contribution is -2.18. The SMILES string of the molecule is Cc1cccc(CC(C)N)c1OCc1ccc(Cl)cc1Cl. The van der Waals surface area contributed by atoms with Gasteiger partial charge < -0.3 is 10.5 Å². The monoisotopic (exact) mass is 323 g/mol. The molecule has 0 saturated carbocycles. The second-order valence-electron chi connectivity index (χ2n) is 5.27. The predicted molar refractivity (Wildman–Crippen MR) is 89.3 cm³/mol. The van der Waals surface area contributed by atoms with E-state index in [9.17, 15) is 0 Å². The quantitative estimate of drug-likeness (QED) is 0.860. The van der Waals surface area contributed by atoms with Crippen molar-refractivity contribution in [2.24, 2.45) is 5.73 Å². The first-order valence-corrected chi connectivity index (χ1v) is 7.63. The van der Waals surface area contributed by atoms with Crippen molar-refractivity contribution in [3.05, 3.63) is 63.1 Å². The zero-order valence-corrected chi connectivity index (χ0v) is 13.7. The standard InChI is InChI=1S/C17H19Cl2NO/c1-11-4-3-5-13(8-12(2)20)17(11)21-10-14-6-7-15(18)9-16(14)19/h3-7,9,12H,8,10,20H2,1-2H3. The van der Waals surface area contributed by atoms with Crippen LogP contribution in [0.25, 0.3) is 0 Å². The highest BCUT2D eigenvalue weighted by Crippen LogP contribution is 2.27. The zero-order valence-electron chi connectivity index (χ0n) is 12.2. The third-order valence-corrected chi connectivity index (χ3v) is 3.81. The summed E-state index contributed by atoms with van der Waals surface area (Å²) in [6, 6.07) is 11.6. The molecule has 0 spiro atoms. The first kappa shape index (κ1) is 16.2. The second kappa shape index (κ2) is 7.17. The molecule has 1 atom stereocenters. The van der Waals surface area contributed by atoms with Crippen molar-refractivity contribution in [1.29, 1.82) is 0 Å². The Morgan fingerprint density at radius 1 is 1.14 bits per heavy atom. The van der Waals surface area contributed by atoms with E-state index in [1.54, 1.807) is 6.07 Å². The molecular weight excluding hydrogens is 305 g/mol. The van der Waals surface area contributed by atoms with Crippen LogP contribution in [0.4, 0.5) is 0 Å². The molecule has 0 aliphatic carbocycles. The molecule has 2 N–H and O–H groups in total. The van der Waals surface area contributed by atoms with Crippen LogP contribution in [-0.2, 0) is 13.0 Å². The van der Waals surface area contributed by atoms with Crippen LogP contribution in [0.1, 0.15) is 23.6 Å². The van der Waals surface area contributed by atoms with Gasteiger partial charge in [-0.15, -0.1) is 0 Å². The fourth-order valence-electron chi connectivity index (χ4n) is 2.22. The van der Waals surface area contributed by atoms with Gasteiger partial charge in [-0.2, -0.15) is 0 Å². The average molecular weight is 324 g/mol. The lowest BCUT2D eigenvalue weighted by molar-refractivity contribution is 0.300. The maximum atomic E-state index is 6.18. The summed E-state index contributed by atoms with van der Waals surface area (Å²) in [4.78, 5) is 0. The van der Waals surface area contributed by atoms with Crippen molar-refractivity contribution in [3.8, 4) is 5.75 Å². The Hall–Kier alpha value is -1.22. The van der Waals surface area contributed by atoms with Crippen LogP contribution in [0.15, 0.2) is 36.4 Å². The van der Waals surface area contributed by atoms with Crippen LogP contribution >= 0.6 is 23.2 Å². The molecule has 1 unspecified atom stereocenters. The summed E-state index contributed by atoms with van der Waals surface area (Å²) in [7, 11) is 0. The van der Waals surface area contributed by atoms with Crippen molar-refractivity contribution in [1.82, 2.24) is 0 Å². The van der Waals surface area contributed by atoms with E-state index in [0.717, 1.165) is 28.9 Å². The molecule has 2 aromatic carbocycles. The van der Waals surface area contributed by atoms with E-state index < -0.39 is 0 Å². The Labute approximate surface area is 135 Å². The van der Waals surface area contributed by atoms with Gasteiger partial charge >= 0.3 is 0 Å². The fourth-order valence-corrected chi connectivity index (χ4v) is 2.68. The van der Waals surface area contributed by atoms with Gasteiger partial charge in [-0.25, -0.2) is 0 Å². The average Bonchev–Trinajstić information content (AvgIpc) is 2.39. The highest BCUT2D eigenvalue weighted by Gasteiger charge is 2.10. The number of aryl methyl sites for hydroxylation is 1. The number of rotatable bonds is 5. The molecule has 0 aliphatic rings. The summed E-state index contributed by atoms with van der Waals surface area (Å²) < 4.78 is 5.99. The Morgan fingerprint density at radius 3 is 2.57 bits per heavy atom. The molecule has 0 bridgehead atoms. The molecule has 0 heterocycles.